The largest absolute Gasteiger partial charge is 0.385 e. The van der Waals surface area contributed by atoms with Crippen LogP contribution in [0.4, 0.5) is 27.1 Å². The van der Waals surface area contributed by atoms with Crippen LogP contribution in [0.25, 0.3) is 0 Å². The van der Waals surface area contributed by atoms with E-state index in [0.29, 0.717) is 5.69 Å². The van der Waals surface area contributed by atoms with Crippen LogP contribution in [0.3, 0.4) is 0 Å². The van der Waals surface area contributed by atoms with Crippen molar-refractivity contribution < 1.29 is 9.31 Å². The van der Waals surface area contributed by atoms with Gasteiger partial charge < -0.3 is 10.6 Å². The number of nitrogens with one attached hydrogen (secondary N) is 2. The molecule has 0 bridgehead atoms. The highest BCUT2D eigenvalue weighted by Crippen LogP contribution is 2.31. The summed E-state index contributed by atoms with van der Waals surface area (Å²) in [6.45, 7) is 0.954. The summed E-state index contributed by atoms with van der Waals surface area (Å²) in [7, 11) is 0. The molecule has 21 heavy (non-hydrogen) atoms. The minimum atomic E-state index is -0.526. The summed E-state index contributed by atoms with van der Waals surface area (Å²) in [6.07, 6.45) is 2.01. The zero-order chi connectivity index (χ0) is 14.8. The third kappa shape index (κ3) is 2.79. The maximum Gasteiger partial charge on any atom is 0.292 e. The van der Waals surface area contributed by atoms with Crippen molar-refractivity contribution in [1.82, 2.24) is 0 Å². The van der Waals surface area contributed by atoms with E-state index in [1.165, 1.54) is 0 Å². The molecule has 2 aromatic carbocycles. The average Bonchev–Trinajstić information content (AvgIpc) is 2.47. The van der Waals surface area contributed by atoms with Crippen molar-refractivity contribution in [2.24, 2.45) is 0 Å². The van der Waals surface area contributed by atoms with Crippen molar-refractivity contribution in [3.05, 3.63) is 57.9 Å². The molecule has 108 valence electrons. The number of nitro groups is 1. The molecule has 5 nitrogen and oxygen atoms in total. The molecular weight excluding hydrogens is 273 g/mol. The number of benzene rings is 2. The fourth-order valence-electron chi connectivity index (χ4n) is 2.48. The Hall–Kier alpha value is -2.63. The van der Waals surface area contributed by atoms with Gasteiger partial charge in [0.2, 0.25) is 0 Å². The second kappa shape index (κ2) is 5.40. The first kappa shape index (κ1) is 13.4. The summed E-state index contributed by atoms with van der Waals surface area (Å²) in [6, 6.07) is 9.08. The van der Waals surface area contributed by atoms with Gasteiger partial charge in [-0.2, -0.15) is 0 Å². The van der Waals surface area contributed by atoms with Gasteiger partial charge in [0, 0.05) is 30.1 Å². The molecule has 0 spiro atoms. The molecule has 0 fully saturated rings. The predicted molar refractivity (Wildman–Crippen MR) is 79.6 cm³/mol. The van der Waals surface area contributed by atoms with Crippen LogP contribution in [0.2, 0.25) is 0 Å². The molecular formula is C15H14FN3O2. The smallest absolute Gasteiger partial charge is 0.292 e. The van der Waals surface area contributed by atoms with E-state index in [9.17, 15) is 14.5 Å². The Morgan fingerprint density at radius 1 is 1.24 bits per heavy atom. The van der Waals surface area contributed by atoms with E-state index in [1.807, 2.05) is 18.2 Å². The first-order valence-electron chi connectivity index (χ1n) is 6.71. The summed E-state index contributed by atoms with van der Waals surface area (Å²) in [4.78, 5) is 10.5. The van der Waals surface area contributed by atoms with E-state index < -0.39 is 10.7 Å². The zero-order valence-corrected chi connectivity index (χ0v) is 11.2. The van der Waals surface area contributed by atoms with Crippen molar-refractivity contribution in [2.75, 3.05) is 17.2 Å². The highest BCUT2D eigenvalue weighted by Gasteiger charge is 2.15. The Labute approximate surface area is 120 Å². The standard InChI is InChI=1S/C15H14FN3O2/c16-11-3-6-15(19(20)21)14(9-11)18-12-4-5-13-10(8-12)2-1-7-17-13/h3-6,8-9,17-18H,1-2,7H2. The van der Waals surface area contributed by atoms with Gasteiger partial charge in [0.05, 0.1) is 4.92 Å². The molecule has 0 radical (unpaired) electrons. The molecule has 1 aliphatic rings. The Kier molecular flexibility index (Phi) is 3.43. The SMILES string of the molecule is O=[N+]([O-])c1ccc(F)cc1Nc1ccc2c(c1)CCCN2. The lowest BCUT2D eigenvalue weighted by molar-refractivity contribution is -0.384. The van der Waals surface area contributed by atoms with Gasteiger partial charge in [-0.15, -0.1) is 0 Å². The van der Waals surface area contributed by atoms with Crippen molar-refractivity contribution >= 4 is 22.7 Å². The fourth-order valence-corrected chi connectivity index (χ4v) is 2.48. The second-order valence-electron chi connectivity index (χ2n) is 4.95. The van der Waals surface area contributed by atoms with E-state index in [0.717, 1.165) is 48.8 Å². The van der Waals surface area contributed by atoms with Crippen molar-refractivity contribution in [1.29, 1.82) is 0 Å². The molecule has 3 rings (SSSR count). The monoisotopic (exact) mass is 287 g/mol. The minimum absolute atomic E-state index is 0.146. The lowest BCUT2D eigenvalue weighted by Crippen LogP contribution is -2.11. The van der Waals surface area contributed by atoms with Crippen LogP contribution in [-0.2, 0) is 6.42 Å². The number of nitrogens with zero attached hydrogens (tertiary/aromatic N) is 1. The number of rotatable bonds is 3. The number of anilines is 3. The fraction of sp³-hybridized carbons (Fsp3) is 0.200. The summed E-state index contributed by atoms with van der Waals surface area (Å²) in [5.74, 6) is -0.511. The average molecular weight is 287 g/mol. The molecule has 1 aliphatic heterocycles. The molecule has 6 heteroatoms. The van der Waals surface area contributed by atoms with Gasteiger partial charge in [-0.25, -0.2) is 4.39 Å². The third-order valence-electron chi connectivity index (χ3n) is 3.48. The molecule has 2 N–H and O–H groups in total. The maximum atomic E-state index is 13.3. The highest BCUT2D eigenvalue weighted by atomic mass is 19.1. The summed E-state index contributed by atoms with van der Waals surface area (Å²) in [5.41, 5.74) is 2.97. The van der Waals surface area contributed by atoms with Crippen LogP contribution in [0.5, 0.6) is 0 Å². The van der Waals surface area contributed by atoms with Gasteiger partial charge in [0.15, 0.2) is 0 Å². The van der Waals surface area contributed by atoms with Crippen LogP contribution >= 0.6 is 0 Å². The van der Waals surface area contributed by atoms with E-state index in [4.69, 9.17) is 0 Å². The van der Waals surface area contributed by atoms with Gasteiger partial charge in [-0.3, -0.25) is 10.1 Å². The molecule has 0 saturated heterocycles. The number of hydrogen-bond donors (Lipinski definition) is 2. The molecule has 0 aliphatic carbocycles. The Morgan fingerprint density at radius 3 is 2.90 bits per heavy atom. The van der Waals surface area contributed by atoms with Crippen LogP contribution in [-0.4, -0.2) is 11.5 Å². The summed E-state index contributed by atoms with van der Waals surface area (Å²) < 4.78 is 13.3. The van der Waals surface area contributed by atoms with Gasteiger partial charge in [0.1, 0.15) is 11.5 Å². The lowest BCUT2D eigenvalue weighted by atomic mass is 10.0. The van der Waals surface area contributed by atoms with Crippen molar-refractivity contribution in [3.63, 3.8) is 0 Å². The minimum Gasteiger partial charge on any atom is -0.385 e. The van der Waals surface area contributed by atoms with E-state index in [-0.39, 0.29) is 11.4 Å². The summed E-state index contributed by atoms with van der Waals surface area (Å²) in [5, 5.41) is 17.2. The Balaban J connectivity index is 1.93. The van der Waals surface area contributed by atoms with Crippen LogP contribution in [0.1, 0.15) is 12.0 Å². The maximum absolute atomic E-state index is 13.3. The molecule has 1 heterocycles. The van der Waals surface area contributed by atoms with Crippen LogP contribution < -0.4 is 10.6 Å². The quantitative estimate of drug-likeness (QED) is 0.665. The Morgan fingerprint density at radius 2 is 2.10 bits per heavy atom. The van der Waals surface area contributed by atoms with Crippen LogP contribution in [0, 0.1) is 15.9 Å². The first-order valence-corrected chi connectivity index (χ1v) is 6.71. The molecule has 0 amide bonds. The topological polar surface area (TPSA) is 67.2 Å². The third-order valence-corrected chi connectivity index (χ3v) is 3.48. The second-order valence-corrected chi connectivity index (χ2v) is 4.95. The molecule has 2 aromatic rings. The number of hydrogen-bond acceptors (Lipinski definition) is 4. The number of nitro benzene ring substituents is 1. The molecule has 0 unspecified atom stereocenters. The first-order chi connectivity index (χ1) is 10.1. The molecule has 0 aromatic heterocycles. The Bertz CT molecular complexity index is 703. The lowest BCUT2D eigenvalue weighted by Gasteiger charge is -2.19. The van der Waals surface area contributed by atoms with Gasteiger partial charge in [-0.05, 0) is 42.7 Å². The normalized spacial score (nSPS) is 13.2. The number of halogens is 1. The zero-order valence-electron chi connectivity index (χ0n) is 11.2. The van der Waals surface area contributed by atoms with E-state index in [1.54, 1.807) is 0 Å². The highest BCUT2D eigenvalue weighted by molar-refractivity contribution is 5.71. The molecule has 0 saturated carbocycles. The van der Waals surface area contributed by atoms with E-state index >= 15 is 0 Å². The van der Waals surface area contributed by atoms with Gasteiger partial charge in [-0.1, -0.05) is 0 Å². The number of fused-ring (bicyclic) bond motifs is 1. The van der Waals surface area contributed by atoms with Crippen LogP contribution in [0.15, 0.2) is 36.4 Å². The predicted octanol–water partition coefficient (Wildman–Crippen LogP) is 3.84. The van der Waals surface area contributed by atoms with Gasteiger partial charge in [0.25, 0.3) is 5.69 Å². The van der Waals surface area contributed by atoms with Crippen molar-refractivity contribution in [2.45, 2.75) is 12.8 Å². The summed E-state index contributed by atoms with van der Waals surface area (Å²) >= 11 is 0. The van der Waals surface area contributed by atoms with E-state index in [2.05, 4.69) is 10.6 Å². The van der Waals surface area contributed by atoms with Gasteiger partial charge >= 0.3 is 0 Å². The molecule has 0 atom stereocenters. The number of aryl methyl sites for hydroxylation is 1. The van der Waals surface area contributed by atoms with Crippen molar-refractivity contribution in [3.8, 4) is 0 Å².